The lowest BCUT2D eigenvalue weighted by atomic mass is 10.1. The zero-order chi connectivity index (χ0) is 19.3. The van der Waals surface area contributed by atoms with Crippen LogP contribution in [0.1, 0.15) is 16.8 Å². The zero-order valence-corrected chi connectivity index (χ0v) is 16.0. The van der Waals surface area contributed by atoms with Crippen LogP contribution < -0.4 is 5.32 Å². The Labute approximate surface area is 162 Å². The number of fused-ring (bicyclic) bond motifs is 2. The van der Waals surface area contributed by atoms with Gasteiger partial charge in [-0.1, -0.05) is 30.3 Å². The number of imidazole rings is 1. The average Bonchev–Trinajstić information content (AvgIpc) is 3.25. The second kappa shape index (κ2) is 6.20. The van der Waals surface area contributed by atoms with E-state index >= 15 is 0 Å². The molecule has 5 rings (SSSR count). The third-order valence-corrected chi connectivity index (χ3v) is 4.92. The van der Waals surface area contributed by atoms with Crippen LogP contribution in [0.25, 0.3) is 27.8 Å². The number of aromatic amines is 1. The normalized spacial score (nSPS) is 11.4. The van der Waals surface area contributed by atoms with Gasteiger partial charge in [-0.3, -0.25) is 0 Å². The summed E-state index contributed by atoms with van der Waals surface area (Å²) < 4.78 is 1.83. The van der Waals surface area contributed by atoms with Gasteiger partial charge in [-0.05, 0) is 50.1 Å². The molecule has 0 unspecified atom stereocenters. The maximum atomic E-state index is 4.89. The molecule has 5 aromatic rings. The number of rotatable bonds is 3. The molecule has 3 aromatic heterocycles. The van der Waals surface area contributed by atoms with Gasteiger partial charge in [0.05, 0.1) is 22.2 Å². The molecule has 138 valence electrons. The Morgan fingerprint density at radius 3 is 2.61 bits per heavy atom. The summed E-state index contributed by atoms with van der Waals surface area (Å²) >= 11 is 0. The predicted molar refractivity (Wildman–Crippen MR) is 112 cm³/mol. The minimum atomic E-state index is 0.677. The largest absolute Gasteiger partial charge is 0.324 e. The third-order valence-electron chi connectivity index (χ3n) is 4.92. The standard InChI is InChI=1S/C22H20N6/c1-13-7-6-8-16-14(2)11-19(25-21(13)16)28-20(12-15(3)27-28)26-22-23-17-9-4-5-10-18(17)24-22/h4-12H,1-3H3,(H2,23,24,26). The number of H-pyrrole nitrogens is 1. The van der Waals surface area contributed by atoms with E-state index in [4.69, 9.17) is 4.98 Å². The fraction of sp³-hybridized carbons (Fsp3) is 0.136. The van der Waals surface area contributed by atoms with Crippen LogP contribution in [0.3, 0.4) is 0 Å². The first-order valence-electron chi connectivity index (χ1n) is 9.24. The van der Waals surface area contributed by atoms with Crippen molar-refractivity contribution >= 4 is 33.7 Å². The number of hydrogen-bond donors (Lipinski definition) is 2. The molecule has 2 N–H and O–H groups in total. The van der Waals surface area contributed by atoms with Crippen molar-refractivity contribution in [3.63, 3.8) is 0 Å². The Kier molecular flexibility index (Phi) is 3.65. The van der Waals surface area contributed by atoms with Crippen molar-refractivity contribution in [2.75, 3.05) is 5.32 Å². The van der Waals surface area contributed by atoms with Gasteiger partial charge in [0.1, 0.15) is 5.82 Å². The van der Waals surface area contributed by atoms with Crippen LogP contribution in [0.4, 0.5) is 11.8 Å². The molecule has 0 aliphatic heterocycles. The van der Waals surface area contributed by atoms with E-state index in [1.165, 1.54) is 10.9 Å². The van der Waals surface area contributed by atoms with Crippen molar-refractivity contribution in [1.82, 2.24) is 24.7 Å². The van der Waals surface area contributed by atoms with Crippen molar-refractivity contribution < 1.29 is 0 Å². The number of aryl methyl sites for hydroxylation is 3. The molecular formula is C22H20N6. The highest BCUT2D eigenvalue weighted by molar-refractivity contribution is 5.85. The molecule has 3 heterocycles. The Hall–Kier alpha value is -3.67. The van der Waals surface area contributed by atoms with Crippen molar-refractivity contribution in [3.8, 4) is 5.82 Å². The van der Waals surface area contributed by atoms with Crippen LogP contribution >= 0.6 is 0 Å². The van der Waals surface area contributed by atoms with E-state index < -0.39 is 0 Å². The number of nitrogens with zero attached hydrogens (tertiary/aromatic N) is 4. The lowest BCUT2D eigenvalue weighted by molar-refractivity contribution is 0.841. The summed E-state index contributed by atoms with van der Waals surface area (Å²) in [6.07, 6.45) is 0. The molecule has 0 spiro atoms. The van der Waals surface area contributed by atoms with E-state index in [9.17, 15) is 0 Å². The topological polar surface area (TPSA) is 71.4 Å². The molecule has 0 bridgehead atoms. The lowest BCUT2D eigenvalue weighted by Gasteiger charge is -2.11. The van der Waals surface area contributed by atoms with E-state index in [2.05, 4.69) is 58.5 Å². The van der Waals surface area contributed by atoms with Crippen LogP contribution in [0, 0.1) is 20.8 Å². The van der Waals surface area contributed by atoms with Gasteiger partial charge in [0.15, 0.2) is 5.82 Å². The summed E-state index contributed by atoms with van der Waals surface area (Å²) in [5.41, 5.74) is 6.14. The van der Waals surface area contributed by atoms with Gasteiger partial charge in [-0.2, -0.15) is 9.78 Å². The van der Waals surface area contributed by atoms with Crippen LogP contribution in [0.5, 0.6) is 0 Å². The Bertz CT molecular complexity index is 1290. The first-order chi connectivity index (χ1) is 13.6. The van der Waals surface area contributed by atoms with Gasteiger partial charge < -0.3 is 10.3 Å². The van der Waals surface area contributed by atoms with Gasteiger partial charge in [0.25, 0.3) is 0 Å². The van der Waals surface area contributed by atoms with Crippen LogP contribution in [-0.4, -0.2) is 24.7 Å². The Morgan fingerprint density at radius 1 is 0.893 bits per heavy atom. The number of anilines is 2. The maximum Gasteiger partial charge on any atom is 0.206 e. The lowest BCUT2D eigenvalue weighted by Crippen LogP contribution is -2.06. The number of nitrogens with one attached hydrogen (secondary N) is 2. The van der Waals surface area contributed by atoms with Gasteiger partial charge in [-0.15, -0.1) is 0 Å². The number of hydrogen-bond acceptors (Lipinski definition) is 4. The smallest absolute Gasteiger partial charge is 0.206 e. The highest BCUT2D eigenvalue weighted by Crippen LogP contribution is 2.26. The van der Waals surface area contributed by atoms with E-state index in [0.29, 0.717) is 5.95 Å². The fourth-order valence-corrected chi connectivity index (χ4v) is 3.55. The van der Waals surface area contributed by atoms with E-state index in [1.54, 1.807) is 0 Å². The SMILES string of the molecule is Cc1cc(Nc2nc3ccccc3[nH]2)n(-c2cc(C)c3cccc(C)c3n2)n1. The number of aromatic nitrogens is 5. The maximum absolute atomic E-state index is 4.89. The van der Waals surface area contributed by atoms with E-state index in [-0.39, 0.29) is 0 Å². The monoisotopic (exact) mass is 368 g/mol. The van der Waals surface area contributed by atoms with Gasteiger partial charge in [0.2, 0.25) is 5.95 Å². The summed E-state index contributed by atoms with van der Waals surface area (Å²) in [5, 5.41) is 9.18. The molecule has 0 saturated carbocycles. The minimum absolute atomic E-state index is 0.677. The second-order valence-electron chi connectivity index (χ2n) is 7.08. The van der Waals surface area contributed by atoms with Crippen molar-refractivity contribution in [2.24, 2.45) is 0 Å². The second-order valence-corrected chi connectivity index (χ2v) is 7.08. The molecule has 0 atom stereocenters. The molecule has 2 aromatic carbocycles. The van der Waals surface area contributed by atoms with Crippen LogP contribution in [-0.2, 0) is 0 Å². The molecular weight excluding hydrogens is 348 g/mol. The van der Waals surface area contributed by atoms with Crippen LogP contribution in [0.15, 0.2) is 54.6 Å². The number of pyridine rings is 1. The molecule has 0 radical (unpaired) electrons. The summed E-state index contributed by atoms with van der Waals surface area (Å²) in [4.78, 5) is 12.8. The van der Waals surface area contributed by atoms with Crippen molar-refractivity contribution in [2.45, 2.75) is 20.8 Å². The Morgan fingerprint density at radius 2 is 1.75 bits per heavy atom. The van der Waals surface area contributed by atoms with Gasteiger partial charge in [0, 0.05) is 11.5 Å². The van der Waals surface area contributed by atoms with Crippen LogP contribution in [0.2, 0.25) is 0 Å². The third kappa shape index (κ3) is 2.70. The van der Waals surface area contributed by atoms with E-state index in [1.807, 2.05) is 41.9 Å². The minimum Gasteiger partial charge on any atom is -0.324 e. The molecule has 0 fully saturated rings. The Balaban J connectivity index is 1.62. The van der Waals surface area contributed by atoms with Crippen molar-refractivity contribution in [1.29, 1.82) is 0 Å². The van der Waals surface area contributed by atoms with Gasteiger partial charge >= 0.3 is 0 Å². The van der Waals surface area contributed by atoms with Crippen molar-refractivity contribution in [3.05, 3.63) is 71.4 Å². The summed E-state index contributed by atoms with van der Waals surface area (Å²) in [6, 6.07) is 18.3. The number of benzene rings is 2. The molecule has 0 amide bonds. The highest BCUT2D eigenvalue weighted by atomic mass is 15.4. The quantitative estimate of drug-likeness (QED) is 0.472. The molecule has 0 aliphatic rings. The summed E-state index contributed by atoms with van der Waals surface area (Å²) in [5.74, 6) is 2.28. The first-order valence-corrected chi connectivity index (χ1v) is 9.24. The number of para-hydroxylation sites is 3. The highest BCUT2D eigenvalue weighted by Gasteiger charge is 2.13. The zero-order valence-electron chi connectivity index (χ0n) is 16.0. The average molecular weight is 368 g/mol. The molecule has 0 aliphatic carbocycles. The summed E-state index contributed by atoms with van der Waals surface area (Å²) in [6.45, 7) is 6.16. The fourth-order valence-electron chi connectivity index (χ4n) is 3.55. The molecule has 6 nitrogen and oxygen atoms in total. The molecule has 6 heteroatoms. The summed E-state index contributed by atoms with van der Waals surface area (Å²) in [7, 11) is 0. The molecule has 0 saturated heterocycles. The van der Waals surface area contributed by atoms with Gasteiger partial charge in [-0.25, -0.2) is 9.97 Å². The first kappa shape index (κ1) is 16.5. The molecule has 28 heavy (non-hydrogen) atoms. The van der Waals surface area contributed by atoms with E-state index in [0.717, 1.165) is 39.4 Å². The predicted octanol–water partition coefficient (Wildman–Crippen LogP) is 4.97.